The third kappa shape index (κ3) is 3.47. The van der Waals surface area contributed by atoms with E-state index in [2.05, 4.69) is 4.90 Å². The molecule has 0 aromatic carbocycles. The number of carboxylic acid groups (broad SMARTS) is 1. The Morgan fingerprint density at radius 1 is 1.47 bits per heavy atom. The fourth-order valence-corrected chi connectivity index (χ4v) is 2.32. The van der Waals surface area contributed by atoms with Crippen LogP contribution >= 0.6 is 0 Å². The van der Waals surface area contributed by atoms with Gasteiger partial charge >= 0.3 is 5.97 Å². The van der Waals surface area contributed by atoms with Crippen LogP contribution < -0.4 is 0 Å². The molecule has 0 unspecified atom stereocenters. The zero-order valence-corrected chi connectivity index (χ0v) is 9.35. The highest BCUT2D eigenvalue weighted by atomic mass is 16.4. The van der Waals surface area contributed by atoms with Crippen molar-refractivity contribution >= 4 is 5.97 Å². The molecule has 15 heavy (non-hydrogen) atoms. The Balaban J connectivity index is 2.38. The van der Waals surface area contributed by atoms with Crippen LogP contribution in [-0.4, -0.2) is 46.8 Å². The molecule has 1 aliphatic heterocycles. The van der Waals surface area contributed by atoms with Gasteiger partial charge in [0.2, 0.25) is 0 Å². The number of aliphatic hydroxyl groups excluding tert-OH is 1. The van der Waals surface area contributed by atoms with Gasteiger partial charge in [0.15, 0.2) is 0 Å². The minimum atomic E-state index is -0.710. The molecule has 0 spiro atoms. The maximum Gasteiger partial charge on any atom is 0.320 e. The molecule has 4 nitrogen and oxygen atoms in total. The molecule has 0 aliphatic carbocycles. The van der Waals surface area contributed by atoms with Crippen LogP contribution in [0, 0.1) is 5.92 Å². The summed E-state index contributed by atoms with van der Waals surface area (Å²) in [6, 6.07) is -0.319. The van der Waals surface area contributed by atoms with E-state index in [1.54, 1.807) is 0 Å². The number of carboxylic acids is 1. The summed E-state index contributed by atoms with van der Waals surface area (Å²) in [4.78, 5) is 13.0. The smallest absolute Gasteiger partial charge is 0.320 e. The van der Waals surface area contributed by atoms with Crippen LogP contribution in [0.25, 0.3) is 0 Å². The molecule has 88 valence electrons. The second-order valence-corrected chi connectivity index (χ2v) is 4.25. The number of piperidine rings is 1. The maximum absolute atomic E-state index is 11.0. The third-order valence-electron chi connectivity index (χ3n) is 3.30. The minimum absolute atomic E-state index is 0.251. The Morgan fingerprint density at radius 3 is 2.47 bits per heavy atom. The van der Waals surface area contributed by atoms with E-state index >= 15 is 0 Å². The van der Waals surface area contributed by atoms with Crippen LogP contribution in [-0.2, 0) is 4.79 Å². The first-order valence-corrected chi connectivity index (χ1v) is 5.76. The summed E-state index contributed by atoms with van der Waals surface area (Å²) < 4.78 is 0. The molecule has 1 heterocycles. The average Bonchev–Trinajstić information content (AvgIpc) is 2.21. The summed E-state index contributed by atoms with van der Waals surface area (Å²) in [5.41, 5.74) is 0. The molecule has 0 radical (unpaired) electrons. The van der Waals surface area contributed by atoms with Crippen molar-refractivity contribution in [2.75, 3.05) is 19.7 Å². The fourth-order valence-electron chi connectivity index (χ4n) is 2.32. The van der Waals surface area contributed by atoms with E-state index in [0.717, 1.165) is 32.4 Å². The van der Waals surface area contributed by atoms with Crippen LogP contribution in [0.1, 0.15) is 32.6 Å². The molecule has 0 amide bonds. The van der Waals surface area contributed by atoms with Crippen molar-refractivity contribution < 1.29 is 15.0 Å². The van der Waals surface area contributed by atoms with Crippen LogP contribution in [0.3, 0.4) is 0 Å². The lowest BCUT2D eigenvalue weighted by Gasteiger charge is -2.35. The van der Waals surface area contributed by atoms with Crippen molar-refractivity contribution in [3.05, 3.63) is 0 Å². The van der Waals surface area contributed by atoms with Crippen molar-refractivity contribution in [3.63, 3.8) is 0 Å². The summed E-state index contributed by atoms with van der Waals surface area (Å²) >= 11 is 0. The highest BCUT2D eigenvalue weighted by Gasteiger charge is 2.27. The first-order chi connectivity index (χ1) is 7.19. The Labute approximate surface area is 90.9 Å². The molecule has 1 rings (SSSR count). The molecule has 0 aromatic heterocycles. The molecule has 1 atom stereocenters. The number of hydrogen-bond acceptors (Lipinski definition) is 3. The van der Waals surface area contributed by atoms with Gasteiger partial charge in [0, 0.05) is 6.61 Å². The fraction of sp³-hybridized carbons (Fsp3) is 0.909. The summed E-state index contributed by atoms with van der Waals surface area (Å²) in [6.45, 7) is 3.88. The molecule has 1 saturated heterocycles. The molecule has 0 aromatic rings. The van der Waals surface area contributed by atoms with Gasteiger partial charge in [-0.05, 0) is 44.7 Å². The van der Waals surface area contributed by atoms with Gasteiger partial charge < -0.3 is 10.2 Å². The third-order valence-corrected chi connectivity index (χ3v) is 3.30. The predicted molar refractivity (Wildman–Crippen MR) is 57.7 cm³/mol. The highest BCUT2D eigenvalue weighted by molar-refractivity contribution is 5.73. The highest BCUT2D eigenvalue weighted by Crippen LogP contribution is 2.22. The van der Waals surface area contributed by atoms with E-state index in [9.17, 15) is 4.79 Å². The Hall–Kier alpha value is -0.610. The molecule has 1 fully saturated rings. The Morgan fingerprint density at radius 2 is 2.07 bits per heavy atom. The standard InChI is InChI=1S/C11H21NO3/c1-2-10(11(14)15)12-6-3-9(4-7-12)5-8-13/h9-10,13H,2-8H2,1H3,(H,14,15)/t10-/m0/s1. The molecule has 4 heteroatoms. The van der Waals surface area contributed by atoms with E-state index in [4.69, 9.17) is 10.2 Å². The SMILES string of the molecule is CC[C@@H](C(=O)O)N1CCC(CCO)CC1. The normalized spacial score (nSPS) is 21.5. The van der Waals surface area contributed by atoms with Gasteiger partial charge in [0.25, 0.3) is 0 Å². The first kappa shape index (κ1) is 12.5. The molecule has 0 bridgehead atoms. The number of aliphatic carboxylic acids is 1. The largest absolute Gasteiger partial charge is 0.480 e. The molecule has 0 saturated carbocycles. The Kier molecular flexibility index (Phi) is 5.05. The lowest BCUT2D eigenvalue weighted by Crippen LogP contribution is -2.45. The summed E-state index contributed by atoms with van der Waals surface area (Å²) in [7, 11) is 0. The van der Waals surface area contributed by atoms with Crippen molar-refractivity contribution in [1.29, 1.82) is 0 Å². The van der Waals surface area contributed by atoms with E-state index in [1.165, 1.54) is 0 Å². The molecular formula is C11H21NO3. The van der Waals surface area contributed by atoms with Gasteiger partial charge in [-0.1, -0.05) is 6.92 Å². The van der Waals surface area contributed by atoms with Gasteiger partial charge in [-0.2, -0.15) is 0 Å². The summed E-state index contributed by atoms with van der Waals surface area (Å²) in [5, 5.41) is 17.8. The number of likely N-dealkylation sites (tertiary alicyclic amines) is 1. The van der Waals surface area contributed by atoms with Crippen LogP contribution in [0.4, 0.5) is 0 Å². The summed E-state index contributed by atoms with van der Waals surface area (Å²) in [6.07, 6.45) is 3.56. The summed E-state index contributed by atoms with van der Waals surface area (Å²) in [5.74, 6) is -0.129. The quantitative estimate of drug-likeness (QED) is 0.716. The first-order valence-electron chi connectivity index (χ1n) is 5.76. The zero-order valence-electron chi connectivity index (χ0n) is 9.35. The van der Waals surface area contributed by atoms with Gasteiger partial charge in [0.1, 0.15) is 6.04 Å². The second kappa shape index (κ2) is 6.08. The maximum atomic E-state index is 11.0. The van der Waals surface area contributed by atoms with Crippen molar-refractivity contribution in [3.8, 4) is 0 Å². The lowest BCUT2D eigenvalue weighted by atomic mass is 9.93. The zero-order chi connectivity index (χ0) is 11.3. The predicted octanol–water partition coefficient (Wildman–Crippen LogP) is 0.944. The van der Waals surface area contributed by atoms with E-state index in [0.29, 0.717) is 12.3 Å². The number of carbonyl (C=O) groups is 1. The molecular weight excluding hydrogens is 194 g/mol. The van der Waals surface area contributed by atoms with Crippen molar-refractivity contribution in [2.45, 2.75) is 38.6 Å². The number of rotatable bonds is 5. The van der Waals surface area contributed by atoms with E-state index in [-0.39, 0.29) is 12.6 Å². The number of nitrogens with zero attached hydrogens (tertiary/aromatic N) is 1. The van der Waals surface area contributed by atoms with Crippen LogP contribution in [0.5, 0.6) is 0 Å². The molecule has 1 aliphatic rings. The van der Waals surface area contributed by atoms with Crippen molar-refractivity contribution in [2.24, 2.45) is 5.92 Å². The molecule has 2 N–H and O–H groups in total. The minimum Gasteiger partial charge on any atom is -0.480 e. The van der Waals surface area contributed by atoms with Crippen molar-refractivity contribution in [1.82, 2.24) is 4.90 Å². The monoisotopic (exact) mass is 215 g/mol. The van der Waals surface area contributed by atoms with Crippen LogP contribution in [0.15, 0.2) is 0 Å². The van der Waals surface area contributed by atoms with Crippen LogP contribution in [0.2, 0.25) is 0 Å². The number of hydrogen-bond donors (Lipinski definition) is 2. The van der Waals surface area contributed by atoms with Gasteiger partial charge in [0.05, 0.1) is 0 Å². The average molecular weight is 215 g/mol. The van der Waals surface area contributed by atoms with Gasteiger partial charge in [-0.3, -0.25) is 9.69 Å². The van der Waals surface area contributed by atoms with Gasteiger partial charge in [-0.15, -0.1) is 0 Å². The Bertz CT molecular complexity index is 200. The lowest BCUT2D eigenvalue weighted by molar-refractivity contribution is -0.144. The topological polar surface area (TPSA) is 60.8 Å². The number of aliphatic hydroxyl groups is 1. The van der Waals surface area contributed by atoms with E-state index in [1.807, 2.05) is 6.92 Å². The van der Waals surface area contributed by atoms with Gasteiger partial charge in [-0.25, -0.2) is 0 Å². The second-order valence-electron chi connectivity index (χ2n) is 4.25. The van der Waals surface area contributed by atoms with E-state index < -0.39 is 5.97 Å².